The summed E-state index contributed by atoms with van der Waals surface area (Å²) >= 11 is 0. The number of carbonyl (C=O) groups excluding carboxylic acids is 1. The van der Waals surface area contributed by atoms with E-state index in [1.54, 1.807) is 6.82 Å². The summed E-state index contributed by atoms with van der Waals surface area (Å²) in [6.07, 6.45) is 3.78. The van der Waals surface area contributed by atoms with Gasteiger partial charge in [-0.3, -0.25) is 4.79 Å². The van der Waals surface area contributed by atoms with Crippen LogP contribution in [0.1, 0.15) is 25.7 Å². The predicted octanol–water partition coefficient (Wildman–Crippen LogP) is 0.542. The van der Waals surface area contributed by atoms with Crippen LogP contribution >= 0.6 is 0 Å². The van der Waals surface area contributed by atoms with Gasteiger partial charge in [0.25, 0.3) is 0 Å². The first-order valence-corrected chi connectivity index (χ1v) is 5.09. The molecule has 2 rings (SSSR count). The van der Waals surface area contributed by atoms with Gasteiger partial charge in [-0.2, -0.15) is 0 Å². The average molecular weight is 181 g/mol. The van der Waals surface area contributed by atoms with Gasteiger partial charge in [-0.25, -0.2) is 0 Å². The van der Waals surface area contributed by atoms with E-state index in [0.717, 1.165) is 38.8 Å². The van der Waals surface area contributed by atoms with Crippen LogP contribution in [0.4, 0.5) is 0 Å². The second-order valence-corrected chi connectivity index (χ2v) is 4.37. The second kappa shape index (κ2) is 3.10. The topological polar surface area (TPSA) is 40.5 Å². The van der Waals surface area contributed by atoms with E-state index in [2.05, 4.69) is 0 Å². The first kappa shape index (κ1) is 9.22. The first-order chi connectivity index (χ1) is 6.14. The minimum atomic E-state index is -0.354. The lowest BCUT2D eigenvalue weighted by molar-refractivity contribution is -0.141. The minimum Gasteiger partial charge on any atom is -0.437 e. The van der Waals surface area contributed by atoms with Gasteiger partial charge in [0.15, 0.2) is 0 Å². The summed E-state index contributed by atoms with van der Waals surface area (Å²) in [7, 11) is -0.354. The zero-order chi connectivity index (χ0) is 9.47. The van der Waals surface area contributed by atoms with Crippen molar-refractivity contribution in [1.82, 2.24) is 4.81 Å². The Morgan fingerprint density at radius 3 is 2.31 bits per heavy atom. The van der Waals surface area contributed by atoms with Gasteiger partial charge in [0.2, 0.25) is 0 Å². The molecule has 2 fully saturated rings. The molecule has 13 heavy (non-hydrogen) atoms. The quantitative estimate of drug-likeness (QED) is 0.600. The highest BCUT2D eigenvalue weighted by atomic mass is 16.2. The van der Waals surface area contributed by atoms with Crippen LogP contribution in [0.3, 0.4) is 0 Å². The Bertz CT molecular complexity index is 222. The van der Waals surface area contributed by atoms with E-state index >= 15 is 0 Å². The Hall–Kier alpha value is -0.345. The molecule has 0 amide bonds. The molecule has 1 aliphatic heterocycles. The van der Waals surface area contributed by atoms with Crippen LogP contribution in [0.5, 0.6) is 0 Å². The monoisotopic (exact) mass is 181 g/mol. The third-order valence-electron chi connectivity index (χ3n) is 3.71. The SMILES string of the molecule is CB(O)N1CCC2(CCC2=O)CC1. The van der Waals surface area contributed by atoms with Crippen molar-refractivity contribution >= 4 is 12.8 Å². The number of nitrogens with zero attached hydrogens (tertiary/aromatic N) is 1. The molecule has 1 saturated heterocycles. The smallest absolute Gasteiger partial charge is 0.376 e. The van der Waals surface area contributed by atoms with Crippen molar-refractivity contribution in [2.45, 2.75) is 32.5 Å². The lowest BCUT2D eigenvalue weighted by Gasteiger charge is -2.46. The van der Waals surface area contributed by atoms with Crippen molar-refractivity contribution in [2.24, 2.45) is 5.41 Å². The molecule has 1 N–H and O–H groups in total. The van der Waals surface area contributed by atoms with E-state index in [1.807, 2.05) is 4.81 Å². The Kier molecular flexibility index (Phi) is 2.20. The number of hydrogen-bond donors (Lipinski definition) is 1. The van der Waals surface area contributed by atoms with Gasteiger partial charge in [-0.05, 0) is 39.2 Å². The van der Waals surface area contributed by atoms with E-state index in [1.165, 1.54) is 0 Å². The predicted molar refractivity (Wildman–Crippen MR) is 51.3 cm³/mol. The van der Waals surface area contributed by atoms with Gasteiger partial charge >= 0.3 is 7.05 Å². The van der Waals surface area contributed by atoms with E-state index in [9.17, 15) is 9.82 Å². The van der Waals surface area contributed by atoms with Crippen molar-refractivity contribution in [3.05, 3.63) is 0 Å². The molecule has 0 bridgehead atoms. The van der Waals surface area contributed by atoms with Gasteiger partial charge in [0.1, 0.15) is 5.78 Å². The van der Waals surface area contributed by atoms with Gasteiger partial charge in [0.05, 0.1) is 0 Å². The summed E-state index contributed by atoms with van der Waals surface area (Å²) in [6, 6.07) is 0. The maximum absolute atomic E-state index is 11.4. The molecule has 0 atom stereocenters. The van der Waals surface area contributed by atoms with Crippen molar-refractivity contribution in [1.29, 1.82) is 0 Å². The molecular formula is C9H16BNO2. The summed E-state index contributed by atoms with van der Waals surface area (Å²) in [4.78, 5) is 13.4. The molecule has 1 saturated carbocycles. The molecule has 2 aliphatic rings. The van der Waals surface area contributed by atoms with E-state index in [-0.39, 0.29) is 12.5 Å². The summed E-state index contributed by atoms with van der Waals surface area (Å²) < 4.78 is 0. The van der Waals surface area contributed by atoms with Gasteiger partial charge in [-0.15, -0.1) is 0 Å². The Morgan fingerprint density at radius 1 is 1.38 bits per heavy atom. The first-order valence-electron chi connectivity index (χ1n) is 5.09. The highest BCUT2D eigenvalue weighted by Gasteiger charge is 2.47. The lowest BCUT2D eigenvalue weighted by atomic mass is 9.61. The highest BCUT2D eigenvalue weighted by molar-refractivity contribution is 6.45. The molecule has 72 valence electrons. The van der Waals surface area contributed by atoms with Crippen molar-refractivity contribution in [3.63, 3.8) is 0 Å². The fourth-order valence-electron chi connectivity index (χ4n) is 2.44. The summed E-state index contributed by atoms with van der Waals surface area (Å²) in [5, 5.41) is 9.34. The standard InChI is InChI=1S/C9H16BNO2/c1-10(13)11-6-4-9(5-7-11)3-2-8(9)12/h13H,2-7H2,1H3. The molecule has 1 heterocycles. The maximum Gasteiger partial charge on any atom is 0.376 e. The molecular weight excluding hydrogens is 165 g/mol. The van der Waals surface area contributed by atoms with E-state index in [4.69, 9.17) is 0 Å². The largest absolute Gasteiger partial charge is 0.437 e. The molecule has 1 spiro atoms. The molecule has 3 nitrogen and oxygen atoms in total. The Morgan fingerprint density at radius 2 is 2.00 bits per heavy atom. The van der Waals surface area contributed by atoms with Gasteiger partial charge in [-0.1, -0.05) is 0 Å². The van der Waals surface area contributed by atoms with Crippen molar-refractivity contribution in [2.75, 3.05) is 13.1 Å². The Balaban J connectivity index is 1.93. The van der Waals surface area contributed by atoms with Crippen LogP contribution < -0.4 is 0 Å². The maximum atomic E-state index is 11.4. The van der Waals surface area contributed by atoms with Crippen LogP contribution in [-0.2, 0) is 4.79 Å². The molecule has 1 aliphatic carbocycles. The zero-order valence-electron chi connectivity index (χ0n) is 8.12. The van der Waals surface area contributed by atoms with Crippen molar-refractivity contribution < 1.29 is 9.82 Å². The van der Waals surface area contributed by atoms with Crippen LogP contribution in [-0.4, -0.2) is 35.8 Å². The van der Waals surface area contributed by atoms with E-state index < -0.39 is 0 Å². The van der Waals surface area contributed by atoms with E-state index in [0.29, 0.717) is 5.78 Å². The third kappa shape index (κ3) is 1.42. The molecule has 0 radical (unpaired) electrons. The van der Waals surface area contributed by atoms with Crippen LogP contribution in [0.25, 0.3) is 0 Å². The normalized spacial score (nSPS) is 27.4. The number of carbonyl (C=O) groups is 1. The van der Waals surface area contributed by atoms with Gasteiger partial charge < -0.3 is 9.83 Å². The summed E-state index contributed by atoms with van der Waals surface area (Å²) in [5.74, 6) is 0.456. The number of piperidine rings is 1. The Labute approximate surface area is 79.2 Å². The summed E-state index contributed by atoms with van der Waals surface area (Å²) in [5.41, 5.74) is 0.0331. The number of rotatable bonds is 1. The summed E-state index contributed by atoms with van der Waals surface area (Å²) in [6.45, 7) is 3.55. The van der Waals surface area contributed by atoms with Gasteiger partial charge in [0, 0.05) is 11.8 Å². The average Bonchev–Trinajstić information content (AvgIpc) is 2.15. The highest BCUT2D eigenvalue weighted by Crippen LogP contribution is 2.45. The minimum absolute atomic E-state index is 0.0331. The second-order valence-electron chi connectivity index (χ2n) is 4.37. The third-order valence-corrected chi connectivity index (χ3v) is 3.71. The number of hydrogen-bond acceptors (Lipinski definition) is 3. The van der Waals surface area contributed by atoms with Crippen LogP contribution in [0.2, 0.25) is 6.82 Å². The number of ketones is 1. The lowest BCUT2D eigenvalue weighted by Crippen LogP contribution is -2.52. The molecule has 0 aromatic heterocycles. The molecule has 0 unspecified atom stereocenters. The van der Waals surface area contributed by atoms with Crippen LogP contribution in [0.15, 0.2) is 0 Å². The molecule has 4 heteroatoms. The van der Waals surface area contributed by atoms with Crippen molar-refractivity contribution in [3.8, 4) is 0 Å². The fourth-order valence-corrected chi connectivity index (χ4v) is 2.44. The molecule has 0 aromatic carbocycles. The fraction of sp³-hybridized carbons (Fsp3) is 0.889. The van der Waals surface area contributed by atoms with Crippen LogP contribution in [0, 0.1) is 5.41 Å². The number of Topliss-reactive ketones (excluding diaryl/α,β-unsaturated/α-hetero) is 1. The molecule has 0 aromatic rings. The zero-order valence-corrected chi connectivity index (χ0v) is 8.12.